The van der Waals surface area contributed by atoms with Gasteiger partial charge in [-0.05, 0) is 37.6 Å². The molecule has 0 fully saturated rings. The van der Waals surface area contributed by atoms with Gasteiger partial charge in [0.05, 0.1) is 5.71 Å². The minimum absolute atomic E-state index is 0.161. The summed E-state index contributed by atoms with van der Waals surface area (Å²) < 4.78 is 26.3. The Morgan fingerprint density at radius 2 is 2.11 bits per heavy atom. The second-order valence-corrected chi connectivity index (χ2v) is 5.87. The van der Waals surface area contributed by atoms with Gasteiger partial charge < -0.3 is 11.1 Å². The number of nitrogen functional groups attached to an aromatic ring is 1. The van der Waals surface area contributed by atoms with E-state index in [0.717, 1.165) is 11.1 Å². The normalized spacial score (nSPS) is 14.0. The summed E-state index contributed by atoms with van der Waals surface area (Å²) in [6.45, 7) is 3.42. The zero-order chi connectivity index (χ0) is 20.0. The van der Waals surface area contributed by atoms with Crippen LogP contribution in [-0.4, -0.2) is 46.5 Å². The fourth-order valence-corrected chi connectivity index (χ4v) is 2.46. The SMILES string of the molecule is CN=C(\C=C/C(C)=N\C=C(/C)CC(F)F)c1ccn2nc(N)nc(NC)c12. The third kappa shape index (κ3) is 5.19. The second kappa shape index (κ2) is 9.02. The molecule has 2 aromatic heterocycles. The van der Waals surface area contributed by atoms with Crippen LogP contribution in [-0.2, 0) is 0 Å². The minimum Gasteiger partial charge on any atom is -0.371 e. The van der Waals surface area contributed by atoms with E-state index in [9.17, 15) is 8.78 Å². The van der Waals surface area contributed by atoms with Crippen molar-refractivity contribution in [3.05, 3.63) is 41.8 Å². The number of rotatable bonds is 7. The Bertz CT molecular complexity index is 923. The van der Waals surface area contributed by atoms with Gasteiger partial charge in [0.15, 0.2) is 5.82 Å². The summed E-state index contributed by atoms with van der Waals surface area (Å²) in [5.74, 6) is 0.751. The number of aliphatic imine (C=N–C) groups is 2. The van der Waals surface area contributed by atoms with Crippen LogP contribution < -0.4 is 11.1 Å². The molecule has 0 saturated heterocycles. The van der Waals surface area contributed by atoms with Crippen LogP contribution in [0.5, 0.6) is 0 Å². The average Bonchev–Trinajstić information content (AvgIpc) is 3.03. The van der Waals surface area contributed by atoms with Crippen molar-refractivity contribution >= 4 is 28.7 Å². The Hall–Kier alpha value is -3.10. The van der Waals surface area contributed by atoms with Gasteiger partial charge in [0, 0.05) is 44.2 Å². The molecule has 0 saturated carbocycles. The molecule has 9 heteroatoms. The monoisotopic (exact) mass is 375 g/mol. The molecule has 0 aromatic carbocycles. The molecule has 0 unspecified atom stereocenters. The van der Waals surface area contributed by atoms with Crippen LogP contribution >= 0.6 is 0 Å². The largest absolute Gasteiger partial charge is 0.371 e. The van der Waals surface area contributed by atoms with Crippen molar-refractivity contribution in [2.75, 3.05) is 25.1 Å². The molecular formula is C18H23F2N7. The lowest BCUT2D eigenvalue weighted by atomic mass is 10.1. The fraction of sp³-hybridized carbons (Fsp3) is 0.333. The molecule has 27 heavy (non-hydrogen) atoms. The Balaban J connectivity index is 2.31. The Kier molecular flexibility index (Phi) is 6.75. The van der Waals surface area contributed by atoms with Gasteiger partial charge >= 0.3 is 0 Å². The Labute approximate surface area is 156 Å². The number of fused-ring (bicyclic) bond motifs is 1. The molecule has 3 N–H and O–H groups in total. The number of anilines is 2. The number of hydrogen-bond donors (Lipinski definition) is 2. The predicted octanol–water partition coefficient (Wildman–Crippen LogP) is 3.35. The summed E-state index contributed by atoms with van der Waals surface area (Å²) in [6, 6.07) is 1.87. The van der Waals surface area contributed by atoms with Crippen LogP contribution in [0.25, 0.3) is 5.52 Å². The first-order valence-corrected chi connectivity index (χ1v) is 8.31. The number of nitrogens with one attached hydrogen (secondary N) is 1. The highest BCUT2D eigenvalue weighted by molar-refractivity contribution is 6.16. The molecule has 7 nitrogen and oxygen atoms in total. The highest BCUT2D eigenvalue weighted by Crippen LogP contribution is 2.21. The first-order chi connectivity index (χ1) is 12.8. The van der Waals surface area contributed by atoms with E-state index in [0.29, 0.717) is 22.8 Å². The zero-order valence-corrected chi connectivity index (χ0v) is 15.7. The lowest BCUT2D eigenvalue weighted by molar-refractivity contribution is 0.149. The average molecular weight is 375 g/mol. The Morgan fingerprint density at radius 1 is 1.37 bits per heavy atom. The number of halogens is 2. The van der Waals surface area contributed by atoms with Crippen molar-refractivity contribution in [2.24, 2.45) is 9.98 Å². The van der Waals surface area contributed by atoms with Gasteiger partial charge in [-0.1, -0.05) is 0 Å². The molecular weight excluding hydrogens is 352 g/mol. The number of hydrogen-bond acceptors (Lipinski definition) is 6. The molecule has 0 aliphatic heterocycles. The van der Waals surface area contributed by atoms with Gasteiger partial charge in [-0.25, -0.2) is 13.3 Å². The third-order valence-corrected chi connectivity index (χ3v) is 3.73. The maximum atomic E-state index is 12.3. The van der Waals surface area contributed by atoms with Crippen LogP contribution in [0.15, 0.2) is 46.2 Å². The van der Waals surface area contributed by atoms with E-state index in [2.05, 4.69) is 25.4 Å². The second-order valence-electron chi connectivity index (χ2n) is 5.87. The fourth-order valence-electron chi connectivity index (χ4n) is 2.46. The van der Waals surface area contributed by atoms with Gasteiger partial charge in [-0.2, -0.15) is 4.98 Å². The molecule has 0 bridgehead atoms. The lowest BCUT2D eigenvalue weighted by Crippen LogP contribution is -2.07. The van der Waals surface area contributed by atoms with E-state index in [1.165, 1.54) is 6.20 Å². The van der Waals surface area contributed by atoms with Gasteiger partial charge in [-0.15, -0.1) is 5.10 Å². The van der Waals surface area contributed by atoms with Crippen LogP contribution in [0.1, 0.15) is 25.8 Å². The van der Waals surface area contributed by atoms with Crippen molar-refractivity contribution in [2.45, 2.75) is 26.7 Å². The van der Waals surface area contributed by atoms with Crippen LogP contribution in [0.2, 0.25) is 0 Å². The van der Waals surface area contributed by atoms with Gasteiger partial charge in [0.25, 0.3) is 0 Å². The van der Waals surface area contributed by atoms with Crippen LogP contribution in [0.3, 0.4) is 0 Å². The van der Waals surface area contributed by atoms with Crippen molar-refractivity contribution < 1.29 is 8.78 Å². The van der Waals surface area contributed by atoms with Gasteiger partial charge in [-0.3, -0.25) is 9.98 Å². The van der Waals surface area contributed by atoms with E-state index in [1.807, 2.05) is 6.07 Å². The van der Waals surface area contributed by atoms with E-state index in [4.69, 9.17) is 5.73 Å². The number of allylic oxidation sites excluding steroid dienone is 3. The molecule has 0 amide bonds. The standard InChI is InChI=1S/C18H23F2N7/c1-11(9-15(19)20)10-24-12(2)5-6-14(22-3)13-7-8-27-16(13)17(23-4)25-18(21)26-27/h5-8,10,15H,9H2,1-4H3,(H3,21,23,25,26)/b6-5-,11-10+,22-14?,24-12-. The third-order valence-electron chi connectivity index (χ3n) is 3.73. The highest BCUT2D eigenvalue weighted by atomic mass is 19.3. The molecule has 0 spiro atoms. The molecule has 0 radical (unpaired) electrons. The number of aromatic nitrogens is 3. The van der Waals surface area contributed by atoms with Crippen LogP contribution in [0, 0.1) is 0 Å². The molecule has 2 rings (SSSR count). The maximum absolute atomic E-state index is 12.3. The smallest absolute Gasteiger partial charge is 0.242 e. The summed E-state index contributed by atoms with van der Waals surface area (Å²) >= 11 is 0. The van der Waals surface area contributed by atoms with E-state index in [-0.39, 0.29) is 12.4 Å². The number of nitrogens with two attached hydrogens (primary N) is 1. The maximum Gasteiger partial charge on any atom is 0.242 e. The molecule has 0 aliphatic rings. The quantitative estimate of drug-likeness (QED) is 0.726. The molecule has 144 valence electrons. The molecule has 2 aromatic rings. The first-order valence-electron chi connectivity index (χ1n) is 8.31. The predicted molar refractivity (Wildman–Crippen MR) is 106 cm³/mol. The minimum atomic E-state index is -2.37. The van der Waals surface area contributed by atoms with E-state index < -0.39 is 6.43 Å². The van der Waals surface area contributed by atoms with Gasteiger partial charge in [0.2, 0.25) is 12.4 Å². The number of nitrogens with zero attached hydrogens (tertiary/aromatic N) is 5. The summed E-state index contributed by atoms with van der Waals surface area (Å²) in [7, 11) is 3.43. The van der Waals surface area contributed by atoms with Crippen LogP contribution in [0.4, 0.5) is 20.5 Å². The topological polar surface area (TPSA) is 93.0 Å². The summed E-state index contributed by atoms with van der Waals surface area (Å²) in [6.07, 6.45) is 4.16. The van der Waals surface area contributed by atoms with E-state index >= 15 is 0 Å². The van der Waals surface area contributed by atoms with Gasteiger partial charge in [0.1, 0.15) is 5.52 Å². The van der Waals surface area contributed by atoms with E-state index in [1.54, 1.807) is 50.8 Å². The van der Waals surface area contributed by atoms with Crippen molar-refractivity contribution in [3.63, 3.8) is 0 Å². The van der Waals surface area contributed by atoms with Crippen molar-refractivity contribution in [3.8, 4) is 0 Å². The zero-order valence-electron chi connectivity index (χ0n) is 15.7. The summed E-state index contributed by atoms with van der Waals surface area (Å²) in [5.41, 5.74) is 9.18. The highest BCUT2D eigenvalue weighted by Gasteiger charge is 2.13. The molecule has 0 aliphatic carbocycles. The summed E-state index contributed by atoms with van der Waals surface area (Å²) in [5, 5.41) is 7.17. The molecule has 0 atom stereocenters. The Morgan fingerprint density at radius 3 is 2.74 bits per heavy atom. The lowest BCUT2D eigenvalue weighted by Gasteiger charge is -2.06. The number of alkyl halides is 2. The molecule has 2 heterocycles. The first kappa shape index (κ1) is 20.2. The van der Waals surface area contributed by atoms with Crippen molar-refractivity contribution in [1.82, 2.24) is 14.6 Å². The van der Waals surface area contributed by atoms with Crippen molar-refractivity contribution in [1.29, 1.82) is 0 Å². The summed E-state index contributed by atoms with van der Waals surface area (Å²) in [4.78, 5) is 12.7.